The lowest BCUT2D eigenvalue weighted by molar-refractivity contribution is -0.163. The Morgan fingerprint density at radius 2 is 1.61 bits per heavy atom. The van der Waals surface area contributed by atoms with E-state index >= 15 is 0 Å². The second-order valence-corrected chi connectivity index (χ2v) is 6.99. The molecular weight excluding hydrogens is 224 g/mol. The Bertz CT molecular complexity index is 325. The lowest BCUT2D eigenvalue weighted by atomic mass is 9.67. The number of ether oxygens (including phenoxy) is 1. The van der Waals surface area contributed by atoms with E-state index in [-0.39, 0.29) is 17.5 Å². The summed E-state index contributed by atoms with van der Waals surface area (Å²) in [6.45, 7) is 12.4. The van der Waals surface area contributed by atoms with E-state index in [4.69, 9.17) is 4.74 Å². The second kappa shape index (κ2) is 5.46. The van der Waals surface area contributed by atoms with Crippen LogP contribution in [0.2, 0.25) is 0 Å². The van der Waals surface area contributed by atoms with Crippen molar-refractivity contribution in [3.05, 3.63) is 11.6 Å². The van der Waals surface area contributed by atoms with E-state index < -0.39 is 5.41 Å². The van der Waals surface area contributed by atoms with Gasteiger partial charge in [-0.15, -0.1) is 0 Å². The summed E-state index contributed by atoms with van der Waals surface area (Å²) in [5.41, 5.74) is 0.477. The maximum absolute atomic E-state index is 12.5. The molecule has 1 aliphatic rings. The summed E-state index contributed by atoms with van der Waals surface area (Å²) < 4.78 is 5.72. The first-order valence-electron chi connectivity index (χ1n) is 7.04. The van der Waals surface area contributed by atoms with Crippen LogP contribution in [0.15, 0.2) is 11.6 Å². The van der Waals surface area contributed by atoms with Gasteiger partial charge >= 0.3 is 5.97 Å². The topological polar surface area (TPSA) is 26.3 Å². The number of allylic oxidation sites excluding steroid dienone is 1. The van der Waals surface area contributed by atoms with Crippen LogP contribution in [-0.4, -0.2) is 12.1 Å². The Labute approximate surface area is 112 Å². The summed E-state index contributed by atoms with van der Waals surface area (Å²) in [5.74, 6) is -0.0666. The molecule has 0 spiro atoms. The molecule has 0 amide bonds. The van der Waals surface area contributed by atoms with Gasteiger partial charge in [0.15, 0.2) is 0 Å². The fraction of sp³-hybridized carbons (Fsp3) is 0.812. The molecule has 104 valence electrons. The molecule has 1 aliphatic carbocycles. The highest BCUT2D eigenvalue weighted by Gasteiger charge is 2.44. The summed E-state index contributed by atoms with van der Waals surface area (Å²) in [6.07, 6.45) is 6.63. The molecule has 0 N–H and O–H groups in total. The van der Waals surface area contributed by atoms with E-state index in [0.717, 1.165) is 18.4 Å². The molecule has 1 unspecified atom stereocenters. The van der Waals surface area contributed by atoms with Gasteiger partial charge in [-0.25, -0.2) is 0 Å². The fourth-order valence-corrected chi connectivity index (χ4v) is 2.44. The first-order chi connectivity index (χ1) is 8.17. The van der Waals surface area contributed by atoms with Gasteiger partial charge in [0.05, 0.1) is 5.41 Å². The number of rotatable bonds is 3. The maximum atomic E-state index is 12.5. The molecule has 0 aromatic rings. The molecule has 1 atom stereocenters. The van der Waals surface area contributed by atoms with E-state index in [1.165, 1.54) is 12.8 Å². The van der Waals surface area contributed by atoms with Crippen LogP contribution in [-0.2, 0) is 9.53 Å². The summed E-state index contributed by atoms with van der Waals surface area (Å²) in [5, 5.41) is 0. The van der Waals surface area contributed by atoms with E-state index in [9.17, 15) is 4.79 Å². The van der Waals surface area contributed by atoms with Gasteiger partial charge in [0.25, 0.3) is 0 Å². The van der Waals surface area contributed by atoms with Gasteiger partial charge in [-0.05, 0) is 51.9 Å². The van der Waals surface area contributed by atoms with Gasteiger partial charge in [0.1, 0.15) is 6.10 Å². The molecule has 2 heteroatoms. The molecule has 0 bridgehead atoms. The van der Waals surface area contributed by atoms with Crippen molar-refractivity contribution in [2.24, 2.45) is 10.8 Å². The van der Waals surface area contributed by atoms with Crippen LogP contribution >= 0.6 is 0 Å². The van der Waals surface area contributed by atoms with Crippen LogP contribution in [0.5, 0.6) is 0 Å². The molecule has 18 heavy (non-hydrogen) atoms. The molecule has 1 saturated carbocycles. The molecule has 0 aliphatic heterocycles. The molecule has 0 saturated heterocycles. The lowest BCUT2D eigenvalue weighted by Gasteiger charge is -2.38. The highest BCUT2D eigenvalue weighted by molar-refractivity contribution is 5.80. The van der Waals surface area contributed by atoms with Crippen molar-refractivity contribution in [3.8, 4) is 0 Å². The average Bonchev–Trinajstić information content (AvgIpc) is 2.67. The molecule has 2 nitrogen and oxygen atoms in total. The number of carbonyl (C=O) groups excluding carboxylic acids is 1. The van der Waals surface area contributed by atoms with Gasteiger partial charge in [0.2, 0.25) is 0 Å². The van der Waals surface area contributed by atoms with Crippen LogP contribution in [0.1, 0.15) is 67.2 Å². The number of carbonyl (C=O) groups is 1. The monoisotopic (exact) mass is 252 g/mol. The molecular formula is C16H28O2. The van der Waals surface area contributed by atoms with Crippen LogP contribution in [0.4, 0.5) is 0 Å². The van der Waals surface area contributed by atoms with Crippen molar-refractivity contribution in [2.45, 2.75) is 73.3 Å². The molecule has 1 rings (SSSR count). The minimum absolute atomic E-state index is 0.0666. The maximum Gasteiger partial charge on any atom is 0.316 e. The van der Waals surface area contributed by atoms with Gasteiger partial charge < -0.3 is 4.74 Å². The normalized spacial score (nSPS) is 20.3. The van der Waals surface area contributed by atoms with Gasteiger partial charge in [0, 0.05) is 0 Å². The van der Waals surface area contributed by atoms with E-state index in [1.807, 2.05) is 20.8 Å². The smallest absolute Gasteiger partial charge is 0.316 e. The fourth-order valence-electron chi connectivity index (χ4n) is 2.44. The SMILES string of the molecule is CC(C)=CC(C)(C(=O)OC1CCCC1)C(C)(C)C. The number of esters is 1. The minimum atomic E-state index is -0.547. The van der Waals surface area contributed by atoms with Crippen LogP contribution in [0.25, 0.3) is 0 Å². The first kappa shape index (κ1) is 15.3. The molecule has 0 aromatic carbocycles. The van der Waals surface area contributed by atoms with Crippen molar-refractivity contribution in [1.29, 1.82) is 0 Å². The van der Waals surface area contributed by atoms with Crippen LogP contribution in [0, 0.1) is 10.8 Å². The third-order valence-corrected chi connectivity index (χ3v) is 4.14. The number of hydrogen-bond acceptors (Lipinski definition) is 2. The average molecular weight is 252 g/mol. The van der Waals surface area contributed by atoms with E-state index in [1.54, 1.807) is 0 Å². The molecule has 1 fully saturated rings. The van der Waals surface area contributed by atoms with E-state index in [0.29, 0.717) is 0 Å². The summed E-state index contributed by atoms with van der Waals surface area (Å²) in [7, 11) is 0. The Hall–Kier alpha value is -0.790. The molecule has 0 aromatic heterocycles. The molecule has 0 radical (unpaired) electrons. The Morgan fingerprint density at radius 3 is 2.00 bits per heavy atom. The van der Waals surface area contributed by atoms with E-state index in [2.05, 4.69) is 26.8 Å². The highest BCUT2D eigenvalue weighted by Crippen LogP contribution is 2.42. The first-order valence-corrected chi connectivity index (χ1v) is 7.04. The summed E-state index contributed by atoms with van der Waals surface area (Å²) in [4.78, 5) is 12.5. The predicted octanol–water partition coefficient (Wildman–Crippen LogP) is 4.49. The number of hydrogen-bond donors (Lipinski definition) is 0. The standard InChI is InChI=1S/C16H28O2/c1-12(2)11-16(6,15(3,4)5)14(17)18-13-9-7-8-10-13/h11,13H,7-10H2,1-6H3. The summed E-state index contributed by atoms with van der Waals surface area (Å²) in [6, 6.07) is 0. The van der Waals surface area contributed by atoms with Crippen LogP contribution < -0.4 is 0 Å². The Morgan fingerprint density at radius 1 is 1.11 bits per heavy atom. The largest absolute Gasteiger partial charge is 0.462 e. The van der Waals surface area contributed by atoms with Crippen molar-refractivity contribution in [2.75, 3.05) is 0 Å². The Kier molecular flexibility index (Phi) is 4.63. The Balaban J connectivity index is 2.89. The van der Waals surface area contributed by atoms with Gasteiger partial charge in [-0.1, -0.05) is 32.4 Å². The highest BCUT2D eigenvalue weighted by atomic mass is 16.5. The van der Waals surface area contributed by atoms with Crippen LogP contribution in [0.3, 0.4) is 0 Å². The van der Waals surface area contributed by atoms with Crippen molar-refractivity contribution >= 4 is 5.97 Å². The third kappa shape index (κ3) is 3.37. The lowest BCUT2D eigenvalue weighted by Crippen LogP contribution is -2.41. The van der Waals surface area contributed by atoms with Crippen molar-refractivity contribution < 1.29 is 9.53 Å². The van der Waals surface area contributed by atoms with Gasteiger partial charge in [-0.2, -0.15) is 0 Å². The summed E-state index contributed by atoms with van der Waals surface area (Å²) >= 11 is 0. The zero-order chi connectivity index (χ0) is 14.0. The second-order valence-electron chi connectivity index (χ2n) is 6.99. The minimum Gasteiger partial charge on any atom is -0.462 e. The predicted molar refractivity (Wildman–Crippen MR) is 75.3 cm³/mol. The quantitative estimate of drug-likeness (QED) is 0.546. The zero-order valence-corrected chi connectivity index (χ0v) is 12.8. The van der Waals surface area contributed by atoms with Crippen molar-refractivity contribution in [3.63, 3.8) is 0 Å². The van der Waals surface area contributed by atoms with Crippen molar-refractivity contribution in [1.82, 2.24) is 0 Å². The molecule has 0 heterocycles. The van der Waals surface area contributed by atoms with Gasteiger partial charge in [-0.3, -0.25) is 4.79 Å². The zero-order valence-electron chi connectivity index (χ0n) is 12.8. The third-order valence-electron chi connectivity index (χ3n) is 4.14.